The van der Waals surface area contributed by atoms with E-state index in [1.165, 1.54) is 16.8 Å². The van der Waals surface area contributed by atoms with Gasteiger partial charge in [-0.3, -0.25) is 0 Å². The second-order valence-corrected chi connectivity index (χ2v) is 3.11. The summed E-state index contributed by atoms with van der Waals surface area (Å²) in [6.07, 6.45) is 1.42. The van der Waals surface area contributed by atoms with E-state index in [0.717, 1.165) is 0 Å². The highest BCUT2D eigenvalue weighted by molar-refractivity contribution is 6.29. The van der Waals surface area contributed by atoms with Crippen molar-refractivity contribution in [3.8, 4) is 0 Å². The van der Waals surface area contributed by atoms with E-state index < -0.39 is 5.97 Å². The van der Waals surface area contributed by atoms with Gasteiger partial charge in [-0.05, 0) is 17.7 Å². The summed E-state index contributed by atoms with van der Waals surface area (Å²) in [5.74, 6) is -1.04. The first kappa shape index (κ1) is 8.96. The molecular weight excluding hydrogens is 206 g/mol. The highest BCUT2D eigenvalue weighted by atomic mass is 35.5. The van der Waals surface area contributed by atoms with Crippen molar-refractivity contribution in [1.29, 1.82) is 0 Å². The summed E-state index contributed by atoms with van der Waals surface area (Å²) >= 11 is 5.75. The fourth-order valence-electron chi connectivity index (χ4n) is 1.23. The molecule has 72 valence electrons. The molecule has 0 aliphatic carbocycles. The highest BCUT2D eigenvalue weighted by Gasteiger charge is 2.14. The fourth-order valence-corrected chi connectivity index (χ4v) is 1.39. The van der Waals surface area contributed by atoms with Crippen molar-refractivity contribution in [3.63, 3.8) is 0 Å². The van der Waals surface area contributed by atoms with Crippen LogP contribution in [0.15, 0.2) is 12.3 Å². The van der Waals surface area contributed by atoms with Gasteiger partial charge in [-0.15, -0.1) is 0 Å². The molecule has 2 heterocycles. The van der Waals surface area contributed by atoms with E-state index in [0.29, 0.717) is 11.2 Å². The Morgan fingerprint density at radius 3 is 3.00 bits per heavy atom. The number of carbonyl (C=O) groups is 1. The second kappa shape index (κ2) is 2.95. The minimum Gasteiger partial charge on any atom is -0.478 e. The van der Waals surface area contributed by atoms with E-state index in [4.69, 9.17) is 16.7 Å². The number of imidazole rings is 1. The molecule has 0 saturated heterocycles. The third-order valence-electron chi connectivity index (χ3n) is 1.93. The number of aryl methyl sites for hydroxylation is 1. The molecule has 14 heavy (non-hydrogen) atoms. The van der Waals surface area contributed by atoms with Gasteiger partial charge in [0.25, 0.3) is 0 Å². The molecule has 2 aromatic heterocycles. The molecule has 0 aliphatic rings. The number of hydrogen-bond donors (Lipinski definition) is 1. The topological polar surface area (TPSA) is 68.0 Å². The van der Waals surface area contributed by atoms with Gasteiger partial charge in [0, 0.05) is 13.2 Å². The predicted molar refractivity (Wildman–Crippen MR) is 50.5 cm³/mol. The van der Waals surface area contributed by atoms with Crippen LogP contribution in [0.3, 0.4) is 0 Å². The van der Waals surface area contributed by atoms with E-state index in [-0.39, 0.29) is 10.8 Å². The Morgan fingerprint density at radius 1 is 1.64 bits per heavy atom. The van der Waals surface area contributed by atoms with Crippen molar-refractivity contribution >= 4 is 28.7 Å². The van der Waals surface area contributed by atoms with Gasteiger partial charge in [0.2, 0.25) is 5.28 Å². The van der Waals surface area contributed by atoms with Gasteiger partial charge in [0.05, 0.1) is 5.56 Å². The van der Waals surface area contributed by atoms with Crippen LogP contribution < -0.4 is 0 Å². The maximum absolute atomic E-state index is 10.8. The Kier molecular flexibility index (Phi) is 1.89. The van der Waals surface area contributed by atoms with Crippen LogP contribution in [0.4, 0.5) is 0 Å². The van der Waals surface area contributed by atoms with Gasteiger partial charge in [0.1, 0.15) is 5.52 Å². The van der Waals surface area contributed by atoms with Gasteiger partial charge in [-0.1, -0.05) is 0 Å². The molecule has 0 spiro atoms. The minimum atomic E-state index is -1.04. The molecule has 0 atom stereocenters. The Hall–Kier alpha value is -1.62. The van der Waals surface area contributed by atoms with Crippen molar-refractivity contribution in [2.45, 2.75) is 0 Å². The second-order valence-electron chi connectivity index (χ2n) is 2.78. The summed E-state index contributed by atoms with van der Waals surface area (Å²) in [5, 5.41) is 9.09. The van der Waals surface area contributed by atoms with Crippen molar-refractivity contribution in [1.82, 2.24) is 14.5 Å². The van der Waals surface area contributed by atoms with Gasteiger partial charge >= 0.3 is 5.97 Å². The molecule has 0 radical (unpaired) electrons. The minimum absolute atomic E-state index is 0.109. The zero-order valence-electron chi connectivity index (χ0n) is 7.23. The maximum atomic E-state index is 10.8. The summed E-state index contributed by atoms with van der Waals surface area (Å²) in [7, 11) is 1.68. The lowest BCUT2D eigenvalue weighted by Crippen LogP contribution is -1.98. The Labute approximate surface area is 84.0 Å². The van der Waals surface area contributed by atoms with Crippen LogP contribution in [0.5, 0.6) is 0 Å². The monoisotopic (exact) mass is 211 g/mol. The summed E-state index contributed by atoms with van der Waals surface area (Å²) in [6, 6.07) is 1.40. The Morgan fingerprint density at radius 2 is 2.36 bits per heavy atom. The number of halogens is 1. The van der Waals surface area contributed by atoms with Crippen molar-refractivity contribution in [3.05, 3.63) is 23.1 Å². The lowest BCUT2D eigenvalue weighted by molar-refractivity contribution is 0.0699. The first-order valence-corrected chi connectivity index (χ1v) is 4.19. The number of pyridine rings is 1. The standard InChI is InChI=1S/C8H6ClN3O2/c1-12-6-5(11-8(12)9)4(7(13)14)2-3-10-6/h2-3H,1H3,(H,13,14). The van der Waals surface area contributed by atoms with Gasteiger partial charge in [-0.2, -0.15) is 0 Å². The van der Waals surface area contributed by atoms with Crippen LogP contribution in [0, 0.1) is 0 Å². The van der Waals surface area contributed by atoms with E-state index >= 15 is 0 Å². The van der Waals surface area contributed by atoms with E-state index in [2.05, 4.69) is 9.97 Å². The number of carboxylic acids is 1. The van der Waals surface area contributed by atoms with E-state index in [9.17, 15) is 4.79 Å². The van der Waals surface area contributed by atoms with Crippen LogP contribution >= 0.6 is 11.6 Å². The summed E-state index contributed by atoms with van der Waals surface area (Å²) in [5.41, 5.74) is 0.889. The summed E-state index contributed by atoms with van der Waals surface area (Å²) in [6.45, 7) is 0. The fraction of sp³-hybridized carbons (Fsp3) is 0.125. The van der Waals surface area contributed by atoms with Crippen molar-refractivity contribution in [2.75, 3.05) is 0 Å². The highest BCUT2D eigenvalue weighted by Crippen LogP contribution is 2.19. The first-order valence-electron chi connectivity index (χ1n) is 3.81. The average molecular weight is 212 g/mol. The quantitative estimate of drug-likeness (QED) is 0.773. The van der Waals surface area contributed by atoms with Gasteiger partial charge in [0.15, 0.2) is 5.65 Å². The predicted octanol–water partition coefficient (Wildman–Crippen LogP) is 1.32. The van der Waals surface area contributed by atoms with E-state index in [1.807, 2.05) is 0 Å². The molecule has 0 unspecified atom stereocenters. The molecular formula is C8H6ClN3O2. The van der Waals surface area contributed by atoms with Crippen LogP contribution in [-0.2, 0) is 7.05 Å². The molecule has 0 saturated carbocycles. The zero-order chi connectivity index (χ0) is 10.3. The molecule has 0 amide bonds. The number of nitrogens with zero attached hydrogens (tertiary/aromatic N) is 3. The molecule has 2 aromatic rings. The van der Waals surface area contributed by atoms with Crippen LogP contribution in [0.1, 0.15) is 10.4 Å². The molecule has 1 N–H and O–H groups in total. The van der Waals surface area contributed by atoms with E-state index in [1.54, 1.807) is 7.05 Å². The Balaban J connectivity index is 2.88. The molecule has 0 aliphatic heterocycles. The van der Waals surface area contributed by atoms with Gasteiger partial charge in [-0.25, -0.2) is 14.8 Å². The lowest BCUT2D eigenvalue weighted by Gasteiger charge is -1.95. The number of rotatable bonds is 1. The number of hydrogen-bond acceptors (Lipinski definition) is 3. The number of fused-ring (bicyclic) bond motifs is 1. The molecule has 2 rings (SSSR count). The largest absolute Gasteiger partial charge is 0.478 e. The lowest BCUT2D eigenvalue weighted by atomic mass is 10.2. The Bertz CT molecular complexity index is 521. The SMILES string of the molecule is Cn1c(Cl)nc2c(C(=O)O)ccnc21. The van der Waals surface area contributed by atoms with Crippen molar-refractivity contribution < 1.29 is 9.90 Å². The third kappa shape index (κ3) is 1.13. The average Bonchev–Trinajstić information content (AvgIpc) is 2.43. The van der Waals surface area contributed by atoms with Crippen molar-refractivity contribution in [2.24, 2.45) is 7.05 Å². The molecule has 0 aromatic carbocycles. The smallest absolute Gasteiger partial charge is 0.338 e. The van der Waals surface area contributed by atoms with Gasteiger partial charge < -0.3 is 9.67 Å². The zero-order valence-corrected chi connectivity index (χ0v) is 7.99. The summed E-state index contributed by atoms with van der Waals surface area (Å²) in [4.78, 5) is 18.7. The van der Waals surface area contributed by atoms with Crippen LogP contribution in [-0.4, -0.2) is 25.6 Å². The number of aromatic carboxylic acids is 1. The molecule has 0 fully saturated rings. The number of carboxylic acid groups (broad SMARTS) is 1. The molecule has 0 bridgehead atoms. The first-order chi connectivity index (χ1) is 6.61. The maximum Gasteiger partial charge on any atom is 0.338 e. The van der Waals surface area contributed by atoms with Crippen LogP contribution in [0.25, 0.3) is 11.2 Å². The molecule has 5 nitrogen and oxygen atoms in total. The number of aromatic nitrogens is 3. The normalized spacial score (nSPS) is 10.7. The van der Waals surface area contributed by atoms with Crippen LogP contribution in [0.2, 0.25) is 5.28 Å². The third-order valence-corrected chi connectivity index (χ3v) is 2.27. The molecule has 6 heteroatoms. The summed E-state index contributed by atoms with van der Waals surface area (Å²) < 4.78 is 1.53.